The van der Waals surface area contributed by atoms with Gasteiger partial charge in [0, 0.05) is 32.4 Å². The Labute approximate surface area is 160 Å². The molecule has 2 heterocycles. The first-order valence-corrected chi connectivity index (χ1v) is 9.68. The number of nitrogens with zero attached hydrogens (tertiary/aromatic N) is 1. The predicted molar refractivity (Wildman–Crippen MR) is 107 cm³/mol. The molecule has 26 heavy (non-hydrogen) atoms. The number of hydrogen-bond acceptors (Lipinski definition) is 3. The standard InChI is InChI=1S/C21H27N3OS/c1-15-10-16(2)13-24(12-15)14-18-7-4-3-6-17(18)11-23-20(25)19-8-5-9-22-21(19)26/h3-9,15-16H,10-14H2,1-2H3,(H,22,26)(H,23,25). The second kappa shape index (κ2) is 8.60. The Kier molecular flexibility index (Phi) is 6.22. The first kappa shape index (κ1) is 18.8. The molecule has 2 unspecified atom stereocenters. The quantitative estimate of drug-likeness (QED) is 0.778. The molecule has 1 amide bonds. The van der Waals surface area contributed by atoms with Crippen molar-refractivity contribution in [3.63, 3.8) is 0 Å². The van der Waals surface area contributed by atoms with Crippen molar-refractivity contribution in [3.8, 4) is 0 Å². The number of carbonyl (C=O) groups excluding carboxylic acids is 1. The fourth-order valence-electron chi connectivity index (χ4n) is 3.92. The number of amides is 1. The Morgan fingerprint density at radius 1 is 1.15 bits per heavy atom. The fraction of sp³-hybridized carbons (Fsp3) is 0.429. The highest BCUT2D eigenvalue weighted by Crippen LogP contribution is 2.23. The van der Waals surface area contributed by atoms with Crippen molar-refractivity contribution in [3.05, 3.63) is 63.9 Å². The van der Waals surface area contributed by atoms with Crippen LogP contribution in [0.15, 0.2) is 42.6 Å². The number of pyridine rings is 1. The third-order valence-corrected chi connectivity index (χ3v) is 5.30. The summed E-state index contributed by atoms with van der Waals surface area (Å²) in [5.41, 5.74) is 2.96. The van der Waals surface area contributed by atoms with Gasteiger partial charge in [0.1, 0.15) is 4.64 Å². The molecule has 3 rings (SSSR count). The number of hydrogen-bond donors (Lipinski definition) is 2. The Hall–Kier alpha value is -1.98. The second-order valence-electron chi connectivity index (χ2n) is 7.50. The largest absolute Gasteiger partial charge is 0.352 e. The van der Waals surface area contributed by atoms with Crippen LogP contribution in [0.1, 0.15) is 41.8 Å². The molecule has 2 N–H and O–H groups in total. The summed E-state index contributed by atoms with van der Waals surface area (Å²) in [6.07, 6.45) is 3.04. The van der Waals surface area contributed by atoms with Gasteiger partial charge in [-0.25, -0.2) is 0 Å². The molecule has 1 fully saturated rings. The smallest absolute Gasteiger partial charge is 0.254 e. The number of rotatable bonds is 5. The molecule has 0 saturated carbocycles. The molecule has 138 valence electrons. The number of aromatic nitrogens is 1. The summed E-state index contributed by atoms with van der Waals surface area (Å²) in [5, 5.41) is 3.01. The van der Waals surface area contributed by atoms with Crippen molar-refractivity contribution in [2.75, 3.05) is 13.1 Å². The van der Waals surface area contributed by atoms with Crippen LogP contribution in [0.25, 0.3) is 0 Å². The summed E-state index contributed by atoms with van der Waals surface area (Å²) in [5.74, 6) is 1.35. The van der Waals surface area contributed by atoms with E-state index in [0.717, 1.165) is 37.0 Å². The zero-order chi connectivity index (χ0) is 18.5. The van der Waals surface area contributed by atoms with Gasteiger partial charge < -0.3 is 10.3 Å². The summed E-state index contributed by atoms with van der Waals surface area (Å²) in [6, 6.07) is 11.9. The number of nitrogens with one attached hydrogen (secondary N) is 2. The molecule has 0 radical (unpaired) electrons. The van der Waals surface area contributed by atoms with Crippen LogP contribution in [0.4, 0.5) is 0 Å². The summed E-state index contributed by atoms with van der Waals surface area (Å²) in [4.78, 5) is 17.9. The lowest BCUT2D eigenvalue weighted by Crippen LogP contribution is -2.38. The number of carbonyl (C=O) groups is 1. The van der Waals surface area contributed by atoms with Crippen LogP contribution in [0.2, 0.25) is 0 Å². The minimum absolute atomic E-state index is 0.137. The number of likely N-dealkylation sites (tertiary alicyclic amines) is 1. The van der Waals surface area contributed by atoms with Crippen molar-refractivity contribution < 1.29 is 4.79 Å². The highest BCUT2D eigenvalue weighted by molar-refractivity contribution is 7.71. The lowest BCUT2D eigenvalue weighted by molar-refractivity contribution is 0.0949. The third kappa shape index (κ3) is 4.80. The highest BCUT2D eigenvalue weighted by Gasteiger charge is 2.22. The maximum Gasteiger partial charge on any atom is 0.254 e. The van der Waals surface area contributed by atoms with Gasteiger partial charge in [0.25, 0.3) is 5.91 Å². The van der Waals surface area contributed by atoms with E-state index >= 15 is 0 Å². The van der Waals surface area contributed by atoms with E-state index in [1.165, 1.54) is 12.0 Å². The van der Waals surface area contributed by atoms with E-state index in [-0.39, 0.29) is 5.91 Å². The molecule has 1 aromatic heterocycles. The van der Waals surface area contributed by atoms with Gasteiger partial charge in [-0.2, -0.15) is 0 Å². The summed E-state index contributed by atoms with van der Waals surface area (Å²) in [7, 11) is 0. The van der Waals surface area contributed by atoms with E-state index in [0.29, 0.717) is 16.7 Å². The molecule has 5 heteroatoms. The molecule has 1 aliphatic rings. The lowest BCUT2D eigenvalue weighted by atomic mass is 9.91. The van der Waals surface area contributed by atoms with E-state index in [1.54, 1.807) is 18.3 Å². The van der Waals surface area contributed by atoms with Crippen molar-refractivity contribution in [1.82, 2.24) is 15.2 Å². The molecule has 2 atom stereocenters. The molecule has 0 aliphatic carbocycles. The average Bonchev–Trinajstić information content (AvgIpc) is 2.60. The van der Waals surface area contributed by atoms with Crippen LogP contribution in [0, 0.1) is 16.5 Å². The molecule has 2 aromatic rings. The zero-order valence-electron chi connectivity index (χ0n) is 15.5. The summed E-state index contributed by atoms with van der Waals surface area (Å²) >= 11 is 5.19. The molecule has 1 aromatic carbocycles. The monoisotopic (exact) mass is 369 g/mol. The van der Waals surface area contributed by atoms with Gasteiger partial charge in [0.15, 0.2) is 0 Å². The van der Waals surface area contributed by atoms with Crippen LogP contribution in [0.3, 0.4) is 0 Å². The number of benzene rings is 1. The predicted octanol–water partition coefficient (Wildman–Crippen LogP) is 4.15. The van der Waals surface area contributed by atoms with Crippen LogP contribution in [-0.2, 0) is 13.1 Å². The zero-order valence-corrected chi connectivity index (χ0v) is 16.3. The minimum atomic E-state index is -0.137. The van der Waals surface area contributed by atoms with E-state index in [1.807, 2.05) is 6.07 Å². The number of aromatic amines is 1. The van der Waals surface area contributed by atoms with E-state index in [2.05, 4.69) is 47.2 Å². The lowest BCUT2D eigenvalue weighted by Gasteiger charge is -2.35. The number of H-pyrrole nitrogens is 1. The van der Waals surface area contributed by atoms with Crippen LogP contribution < -0.4 is 5.32 Å². The Morgan fingerprint density at radius 3 is 2.54 bits per heavy atom. The van der Waals surface area contributed by atoms with Gasteiger partial charge in [-0.05, 0) is 41.5 Å². The van der Waals surface area contributed by atoms with Gasteiger partial charge in [0.05, 0.1) is 5.56 Å². The first-order valence-electron chi connectivity index (χ1n) is 9.28. The molecular formula is C21H27N3OS. The van der Waals surface area contributed by atoms with Crippen LogP contribution in [-0.4, -0.2) is 28.9 Å². The second-order valence-corrected chi connectivity index (χ2v) is 7.91. The Morgan fingerprint density at radius 2 is 1.85 bits per heavy atom. The van der Waals surface area contributed by atoms with E-state index < -0.39 is 0 Å². The molecule has 1 saturated heterocycles. The third-order valence-electron chi connectivity index (χ3n) is 4.96. The van der Waals surface area contributed by atoms with Crippen LogP contribution >= 0.6 is 12.2 Å². The van der Waals surface area contributed by atoms with Gasteiger partial charge in [-0.3, -0.25) is 9.69 Å². The maximum absolute atomic E-state index is 12.4. The van der Waals surface area contributed by atoms with Crippen molar-refractivity contribution in [1.29, 1.82) is 0 Å². The highest BCUT2D eigenvalue weighted by atomic mass is 32.1. The SMILES string of the molecule is CC1CC(C)CN(Cc2ccccc2CNC(=O)c2ccc[nH]c2=S)C1. The molecule has 0 bridgehead atoms. The minimum Gasteiger partial charge on any atom is -0.352 e. The maximum atomic E-state index is 12.4. The van der Waals surface area contributed by atoms with Crippen molar-refractivity contribution in [2.24, 2.45) is 11.8 Å². The van der Waals surface area contributed by atoms with Crippen molar-refractivity contribution >= 4 is 18.1 Å². The number of piperidine rings is 1. The van der Waals surface area contributed by atoms with E-state index in [4.69, 9.17) is 12.2 Å². The molecule has 1 aliphatic heterocycles. The summed E-state index contributed by atoms with van der Waals surface area (Å²) < 4.78 is 0.467. The van der Waals surface area contributed by atoms with Gasteiger partial charge >= 0.3 is 0 Å². The van der Waals surface area contributed by atoms with Crippen molar-refractivity contribution in [2.45, 2.75) is 33.4 Å². The Bertz CT molecular complexity index is 807. The fourth-order valence-corrected chi connectivity index (χ4v) is 4.15. The van der Waals surface area contributed by atoms with Crippen LogP contribution in [0.5, 0.6) is 0 Å². The molecule has 0 spiro atoms. The molecular weight excluding hydrogens is 342 g/mol. The van der Waals surface area contributed by atoms with Gasteiger partial charge in [-0.1, -0.05) is 50.3 Å². The molecule has 4 nitrogen and oxygen atoms in total. The topological polar surface area (TPSA) is 48.1 Å². The van der Waals surface area contributed by atoms with Gasteiger partial charge in [-0.15, -0.1) is 0 Å². The average molecular weight is 370 g/mol. The Balaban J connectivity index is 1.67. The van der Waals surface area contributed by atoms with E-state index in [9.17, 15) is 4.79 Å². The normalized spacial score (nSPS) is 20.7. The summed E-state index contributed by atoms with van der Waals surface area (Å²) in [6.45, 7) is 8.40. The first-order chi connectivity index (χ1) is 12.5. The van der Waals surface area contributed by atoms with Gasteiger partial charge in [0.2, 0.25) is 0 Å².